The second-order valence-corrected chi connectivity index (χ2v) is 4.58. The van der Waals surface area contributed by atoms with Crippen molar-refractivity contribution in [1.29, 1.82) is 0 Å². The van der Waals surface area contributed by atoms with Gasteiger partial charge in [0.05, 0.1) is 24.9 Å². The largest absolute Gasteiger partial charge is 0.472 e. The average Bonchev–Trinajstić information content (AvgIpc) is 3.05. The van der Waals surface area contributed by atoms with E-state index < -0.39 is 0 Å². The van der Waals surface area contributed by atoms with Gasteiger partial charge in [0, 0.05) is 4.88 Å². The minimum absolute atomic E-state index is 0.0462. The van der Waals surface area contributed by atoms with E-state index in [1.165, 1.54) is 12.5 Å². The van der Waals surface area contributed by atoms with Crippen LogP contribution in [0.1, 0.15) is 15.2 Å². The third-order valence-corrected chi connectivity index (χ3v) is 3.11. The molecule has 0 aliphatic rings. The summed E-state index contributed by atoms with van der Waals surface area (Å²) in [5, 5.41) is 7.17. The summed E-state index contributed by atoms with van der Waals surface area (Å²) in [5.41, 5.74) is 0.404. The highest BCUT2D eigenvalue weighted by molar-refractivity contribution is 7.09. The first kappa shape index (κ1) is 12.4. The number of rotatable bonds is 5. The molecule has 0 aliphatic carbocycles. The van der Waals surface area contributed by atoms with E-state index in [1.807, 2.05) is 17.5 Å². The molecule has 6 heteroatoms. The van der Waals surface area contributed by atoms with Crippen LogP contribution in [0, 0.1) is 0 Å². The molecule has 0 atom stereocenters. The quantitative estimate of drug-likeness (QED) is 0.857. The average molecular weight is 264 g/mol. The van der Waals surface area contributed by atoms with Gasteiger partial charge in [-0.25, -0.2) is 0 Å². The van der Waals surface area contributed by atoms with Crippen LogP contribution >= 0.6 is 11.3 Å². The maximum atomic E-state index is 11.5. The number of amides is 2. The lowest BCUT2D eigenvalue weighted by atomic mass is 10.3. The van der Waals surface area contributed by atoms with E-state index in [0.29, 0.717) is 12.1 Å². The molecule has 2 rings (SSSR count). The molecule has 2 amide bonds. The molecule has 0 radical (unpaired) electrons. The summed E-state index contributed by atoms with van der Waals surface area (Å²) in [5.74, 6) is -0.546. The van der Waals surface area contributed by atoms with Crippen molar-refractivity contribution in [1.82, 2.24) is 10.6 Å². The zero-order valence-corrected chi connectivity index (χ0v) is 10.3. The van der Waals surface area contributed by atoms with E-state index >= 15 is 0 Å². The molecule has 2 aromatic heterocycles. The molecule has 0 saturated carbocycles. The van der Waals surface area contributed by atoms with Crippen LogP contribution in [-0.4, -0.2) is 18.4 Å². The van der Waals surface area contributed by atoms with Crippen molar-refractivity contribution in [3.63, 3.8) is 0 Å². The van der Waals surface area contributed by atoms with Gasteiger partial charge in [-0.15, -0.1) is 11.3 Å². The molecule has 2 N–H and O–H groups in total. The minimum Gasteiger partial charge on any atom is -0.472 e. The van der Waals surface area contributed by atoms with Crippen LogP contribution in [0.2, 0.25) is 0 Å². The number of carbonyl (C=O) groups excluding carboxylic acids is 2. The van der Waals surface area contributed by atoms with Crippen LogP contribution in [0.25, 0.3) is 0 Å². The van der Waals surface area contributed by atoms with Gasteiger partial charge in [0.1, 0.15) is 6.26 Å². The van der Waals surface area contributed by atoms with Crippen molar-refractivity contribution >= 4 is 23.2 Å². The van der Waals surface area contributed by atoms with Crippen molar-refractivity contribution in [3.8, 4) is 0 Å². The van der Waals surface area contributed by atoms with E-state index in [2.05, 4.69) is 10.6 Å². The zero-order valence-electron chi connectivity index (χ0n) is 9.51. The number of hydrogen-bond donors (Lipinski definition) is 2. The molecule has 0 unspecified atom stereocenters. The zero-order chi connectivity index (χ0) is 12.8. The van der Waals surface area contributed by atoms with Crippen LogP contribution < -0.4 is 10.6 Å². The summed E-state index contributed by atoms with van der Waals surface area (Å²) in [6.45, 7) is 0.438. The molecular weight excluding hydrogens is 252 g/mol. The molecule has 2 heterocycles. The van der Waals surface area contributed by atoms with Gasteiger partial charge in [0.25, 0.3) is 5.91 Å². The topological polar surface area (TPSA) is 71.3 Å². The molecule has 94 valence electrons. The monoisotopic (exact) mass is 264 g/mol. The number of carbonyl (C=O) groups is 2. The smallest absolute Gasteiger partial charge is 0.254 e. The number of nitrogens with one attached hydrogen (secondary N) is 2. The highest BCUT2D eigenvalue weighted by Gasteiger charge is 2.08. The fraction of sp³-hybridized carbons (Fsp3) is 0.167. The Morgan fingerprint density at radius 3 is 2.83 bits per heavy atom. The molecule has 0 aromatic carbocycles. The van der Waals surface area contributed by atoms with Gasteiger partial charge >= 0.3 is 0 Å². The summed E-state index contributed by atoms with van der Waals surface area (Å²) in [7, 11) is 0. The van der Waals surface area contributed by atoms with Gasteiger partial charge < -0.3 is 15.1 Å². The predicted octanol–water partition coefficient (Wildman–Crippen LogP) is 1.39. The second kappa shape index (κ2) is 6.02. The predicted molar refractivity (Wildman–Crippen MR) is 67.2 cm³/mol. The van der Waals surface area contributed by atoms with E-state index in [9.17, 15) is 9.59 Å². The highest BCUT2D eigenvalue weighted by atomic mass is 32.1. The SMILES string of the molecule is O=C(CNC(=O)c1ccoc1)NCc1cccs1. The van der Waals surface area contributed by atoms with Crippen LogP contribution in [0.4, 0.5) is 0 Å². The number of furan rings is 1. The molecule has 0 fully saturated rings. The summed E-state index contributed by atoms with van der Waals surface area (Å²) in [6.07, 6.45) is 2.74. The van der Waals surface area contributed by atoms with Crippen molar-refractivity contribution in [2.75, 3.05) is 6.54 Å². The van der Waals surface area contributed by atoms with Gasteiger partial charge in [-0.1, -0.05) is 6.07 Å². The molecule has 5 nitrogen and oxygen atoms in total. The Morgan fingerprint density at radius 1 is 1.28 bits per heavy atom. The lowest BCUT2D eigenvalue weighted by molar-refractivity contribution is -0.120. The van der Waals surface area contributed by atoms with E-state index in [-0.39, 0.29) is 18.4 Å². The van der Waals surface area contributed by atoms with E-state index in [4.69, 9.17) is 4.42 Å². The van der Waals surface area contributed by atoms with Gasteiger partial charge in [0.15, 0.2) is 0 Å². The minimum atomic E-state index is -0.324. The Morgan fingerprint density at radius 2 is 2.17 bits per heavy atom. The number of thiophene rings is 1. The van der Waals surface area contributed by atoms with Crippen molar-refractivity contribution in [2.45, 2.75) is 6.54 Å². The van der Waals surface area contributed by atoms with Crippen molar-refractivity contribution in [3.05, 3.63) is 46.5 Å². The van der Waals surface area contributed by atoms with Crippen molar-refractivity contribution in [2.24, 2.45) is 0 Å². The van der Waals surface area contributed by atoms with Crippen LogP contribution in [0.3, 0.4) is 0 Å². The molecular formula is C12H12N2O3S. The highest BCUT2D eigenvalue weighted by Crippen LogP contribution is 2.07. The van der Waals surface area contributed by atoms with Gasteiger partial charge in [-0.2, -0.15) is 0 Å². The van der Waals surface area contributed by atoms with E-state index in [1.54, 1.807) is 17.4 Å². The fourth-order valence-corrected chi connectivity index (χ4v) is 1.96. The lowest BCUT2D eigenvalue weighted by Gasteiger charge is -2.04. The van der Waals surface area contributed by atoms with Crippen LogP contribution in [0.5, 0.6) is 0 Å². The van der Waals surface area contributed by atoms with Gasteiger partial charge in [-0.3, -0.25) is 9.59 Å². The van der Waals surface area contributed by atoms with Crippen LogP contribution in [-0.2, 0) is 11.3 Å². The van der Waals surface area contributed by atoms with Crippen LogP contribution in [0.15, 0.2) is 40.5 Å². The first-order valence-corrected chi connectivity index (χ1v) is 6.23. The Labute approximate surface area is 108 Å². The Bertz CT molecular complexity index is 505. The van der Waals surface area contributed by atoms with E-state index in [0.717, 1.165) is 4.88 Å². The summed E-state index contributed by atoms with van der Waals surface area (Å²) in [4.78, 5) is 24.0. The Balaban J connectivity index is 1.70. The third kappa shape index (κ3) is 3.46. The molecule has 2 aromatic rings. The Hall–Kier alpha value is -2.08. The van der Waals surface area contributed by atoms with Crippen molar-refractivity contribution < 1.29 is 14.0 Å². The molecule has 18 heavy (non-hydrogen) atoms. The first-order valence-electron chi connectivity index (χ1n) is 5.35. The molecule has 0 bridgehead atoms. The number of hydrogen-bond acceptors (Lipinski definition) is 4. The maximum absolute atomic E-state index is 11.5. The van der Waals surface area contributed by atoms with Gasteiger partial charge in [-0.05, 0) is 17.5 Å². The van der Waals surface area contributed by atoms with Gasteiger partial charge in [0.2, 0.25) is 5.91 Å². The summed E-state index contributed by atoms with van der Waals surface area (Å²) >= 11 is 1.57. The third-order valence-electron chi connectivity index (χ3n) is 2.23. The maximum Gasteiger partial charge on any atom is 0.254 e. The molecule has 0 saturated heterocycles. The summed E-state index contributed by atoms with van der Waals surface area (Å²) in [6, 6.07) is 5.40. The molecule has 0 aliphatic heterocycles. The Kier molecular flexibility index (Phi) is 4.14. The normalized spacial score (nSPS) is 10.0. The lowest BCUT2D eigenvalue weighted by Crippen LogP contribution is -2.36. The molecule has 0 spiro atoms. The summed E-state index contributed by atoms with van der Waals surface area (Å²) < 4.78 is 4.78. The fourth-order valence-electron chi connectivity index (χ4n) is 1.32. The second-order valence-electron chi connectivity index (χ2n) is 3.55. The first-order chi connectivity index (χ1) is 8.75. The standard InChI is InChI=1S/C12H12N2O3S/c15-11(13-6-10-2-1-5-18-10)7-14-12(16)9-3-4-17-8-9/h1-5,8H,6-7H2,(H,13,15)(H,14,16).